The summed E-state index contributed by atoms with van der Waals surface area (Å²) >= 11 is 0. The number of benzene rings is 1. The normalized spacial score (nSPS) is 12.1. The van der Waals surface area contributed by atoms with Gasteiger partial charge < -0.3 is 20.5 Å². The van der Waals surface area contributed by atoms with Crippen LogP contribution in [0, 0.1) is 24.0 Å². The molecule has 0 amide bonds. The van der Waals surface area contributed by atoms with Crippen LogP contribution in [0.25, 0.3) is 0 Å². The molecule has 0 aliphatic heterocycles. The lowest BCUT2D eigenvalue weighted by atomic mass is 10.2. The molecule has 0 aliphatic carbocycles. The molecular formula is C14H18N4O3. The number of anilines is 1. The maximum Gasteiger partial charge on any atom is 0.342 e. The first-order valence-corrected chi connectivity index (χ1v) is 6.62. The summed E-state index contributed by atoms with van der Waals surface area (Å²) in [6.07, 6.45) is 0.452. The Kier molecular flexibility index (Phi) is 4.54. The summed E-state index contributed by atoms with van der Waals surface area (Å²) < 4.78 is 1.40. The van der Waals surface area contributed by atoms with Crippen LogP contribution in [-0.2, 0) is 6.54 Å². The van der Waals surface area contributed by atoms with E-state index in [4.69, 9.17) is 0 Å². The summed E-state index contributed by atoms with van der Waals surface area (Å²) in [5.41, 5.74) is 2.06. The van der Waals surface area contributed by atoms with E-state index in [0.29, 0.717) is 12.4 Å². The van der Waals surface area contributed by atoms with E-state index in [-0.39, 0.29) is 12.4 Å². The van der Waals surface area contributed by atoms with Crippen molar-refractivity contribution in [2.24, 2.45) is 0 Å². The molecule has 2 aromatic rings. The first-order valence-electron chi connectivity index (χ1n) is 6.62. The van der Waals surface area contributed by atoms with E-state index in [1.807, 2.05) is 31.2 Å². The molecule has 0 radical (unpaired) electrons. The number of nitrogens with zero attached hydrogens (tertiary/aromatic N) is 3. The van der Waals surface area contributed by atoms with Gasteiger partial charge in [0.2, 0.25) is 0 Å². The SMILES string of the molecule is Cc1ccc(NCC(O)Cn2c([N+](=O)[O-])cnc2C)cc1. The number of hydrogen-bond acceptors (Lipinski definition) is 5. The maximum atomic E-state index is 10.9. The molecule has 2 N–H and O–H groups in total. The largest absolute Gasteiger partial charge is 0.387 e. The third kappa shape index (κ3) is 3.79. The van der Waals surface area contributed by atoms with Crippen LogP contribution in [0.15, 0.2) is 30.5 Å². The van der Waals surface area contributed by atoms with Gasteiger partial charge >= 0.3 is 5.82 Å². The molecule has 1 heterocycles. The topological polar surface area (TPSA) is 93.2 Å². The van der Waals surface area contributed by atoms with E-state index in [0.717, 1.165) is 11.3 Å². The van der Waals surface area contributed by atoms with Crippen molar-refractivity contribution >= 4 is 11.5 Å². The van der Waals surface area contributed by atoms with Crippen LogP contribution in [0.5, 0.6) is 0 Å². The molecule has 1 aromatic heterocycles. The molecule has 7 heteroatoms. The average molecular weight is 290 g/mol. The lowest BCUT2D eigenvalue weighted by molar-refractivity contribution is -0.392. The highest BCUT2D eigenvalue weighted by atomic mass is 16.6. The van der Waals surface area contributed by atoms with Crippen molar-refractivity contribution in [3.8, 4) is 0 Å². The quantitative estimate of drug-likeness (QED) is 0.626. The molecule has 1 atom stereocenters. The molecule has 0 saturated carbocycles. The number of rotatable bonds is 6. The van der Waals surface area contributed by atoms with Gasteiger partial charge in [-0.25, -0.2) is 9.55 Å². The molecule has 1 unspecified atom stereocenters. The van der Waals surface area contributed by atoms with Crippen LogP contribution in [0.1, 0.15) is 11.4 Å². The lowest BCUT2D eigenvalue weighted by Gasteiger charge is -2.12. The van der Waals surface area contributed by atoms with Gasteiger partial charge in [-0.15, -0.1) is 0 Å². The second-order valence-corrected chi connectivity index (χ2v) is 4.93. The monoisotopic (exact) mass is 290 g/mol. The highest BCUT2D eigenvalue weighted by Crippen LogP contribution is 2.14. The summed E-state index contributed by atoms with van der Waals surface area (Å²) in [6.45, 7) is 4.10. The van der Waals surface area contributed by atoms with E-state index in [1.54, 1.807) is 6.92 Å². The molecule has 0 saturated heterocycles. The summed E-state index contributed by atoms with van der Waals surface area (Å²) in [5.74, 6) is 0.401. The van der Waals surface area contributed by atoms with Gasteiger partial charge in [0.15, 0.2) is 5.82 Å². The van der Waals surface area contributed by atoms with Gasteiger partial charge in [0, 0.05) is 19.2 Å². The smallest absolute Gasteiger partial charge is 0.342 e. The lowest BCUT2D eigenvalue weighted by Crippen LogP contribution is -2.26. The zero-order valence-corrected chi connectivity index (χ0v) is 12.0. The fraction of sp³-hybridized carbons (Fsp3) is 0.357. The predicted molar refractivity (Wildman–Crippen MR) is 79.3 cm³/mol. The second-order valence-electron chi connectivity index (χ2n) is 4.93. The van der Waals surface area contributed by atoms with Crippen molar-refractivity contribution in [2.45, 2.75) is 26.5 Å². The second kappa shape index (κ2) is 6.36. The minimum Gasteiger partial charge on any atom is -0.387 e. The fourth-order valence-electron chi connectivity index (χ4n) is 2.01. The Hall–Kier alpha value is -2.41. The zero-order valence-electron chi connectivity index (χ0n) is 12.0. The molecule has 0 aliphatic rings. The van der Waals surface area contributed by atoms with Gasteiger partial charge in [0.25, 0.3) is 0 Å². The number of hydrogen-bond donors (Lipinski definition) is 2. The molecular weight excluding hydrogens is 272 g/mol. The van der Waals surface area contributed by atoms with E-state index in [1.165, 1.54) is 10.8 Å². The Bertz CT molecular complexity index is 622. The highest BCUT2D eigenvalue weighted by Gasteiger charge is 2.20. The van der Waals surface area contributed by atoms with Gasteiger partial charge in [-0.1, -0.05) is 17.7 Å². The highest BCUT2D eigenvalue weighted by molar-refractivity contribution is 5.44. The van der Waals surface area contributed by atoms with Crippen molar-refractivity contribution in [1.82, 2.24) is 9.55 Å². The molecule has 112 valence electrons. The van der Waals surface area contributed by atoms with Gasteiger partial charge in [-0.05, 0) is 24.0 Å². The third-order valence-electron chi connectivity index (χ3n) is 3.21. The molecule has 0 bridgehead atoms. The van der Waals surface area contributed by atoms with Crippen LogP contribution in [-0.4, -0.2) is 32.2 Å². The van der Waals surface area contributed by atoms with Gasteiger partial charge in [0.05, 0.1) is 0 Å². The predicted octanol–water partition coefficient (Wildman–Crippen LogP) is 1.88. The van der Waals surface area contributed by atoms with E-state index < -0.39 is 11.0 Å². The van der Waals surface area contributed by atoms with Gasteiger partial charge in [-0.3, -0.25) is 0 Å². The van der Waals surface area contributed by atoms with Crippen molar-refractivity contribution < 1.29 is 10.0 Å². The summed E-state index contributed by atoms with van der Waals surface area (Å²) in [7, 11) is 0. The fourth-order valence-corrected chi connectivity index (χ4v) is 2.01. The van der Waals surface area contributed by atoms with Crippen molar-refractivity contribution in [3.05, 3.63) is 52.0 Å². The number of aliphatic hydroxyl groups excluding tert-OH is 1. The minimum absolute atomic E-state index is 0.109. The standard InChI is InChI=1S/C14H18N4O3/c1-10-3-5-12(6-4-10)16-7-13(19)9-17-11(2)15-8-14(17)18(20)21/h3-6,8,13,16,19H,7,9H2,1-2H3. The van der Waals surface area contributed by atoms with Crippen molar-refractivity contribution in [1.29, 1.82) is 0 Å². The molecule has 7 nitrogen and oxygen atoms in total. The summed E-state index contributed by atoms with van der Waals surface area (Å²) in [6, 6.07) is 7.79. The van der Waals surface area contributed by atoms with Gasteiger partial charge in [-0.2, -0.15) is 0 Å². The van der Waals surface area contributed by atoms with Crippen molar-refractivity contribution in [3.63, 3.8) is 0 Å². The first-order chi connectivity index (χ1) is 9.97. The summed E-state index contributed by atoms with van der Waals surface area (Å²) in [4.78, 5) is 14.3. The Morgan fingerprint density at radius 3 is 2.67 bits per heavy atom. The van der Waals surface area contributed by atoms with E-state index in [9.17, 15) is 15.2 Å². The number of aromatic nitrogens is 2. The molecule has 1 aromatic carbocycles. The van der Waals surface area contributed by atoms with Crippen LogP contribution in [0.2, 0.25) is 0 Å². The molecule has 21 heavy (non-hydrogen) atoms. The zero-order chi connectivity index (χ0) is 15.4. The number of aliphatic hydroxyl groups is 1. The van der Waals surface area contributed by atoms with Crippen LogP contribution in [0.3, 0.4) is 0 Å². The van der Waals surface area contributed by atoms with Crippen LogP contribution >= 0.6 is 0 Å². The van der Waals surface area contributed by atoms with Crippen LogP contribution < -0.4 is 5.32 Å². The van der Waals surface area contributed by atoms with Gasteiger partial charge in [0.1, 0.15) is 18.8 Å². The number of imidazole rings is 1. The Balaban J connectivity index is 1.96. The first kappa shape index (κ1) is 15.0. The number of nitrogens with one attached hydrogen (secondary N) is 1. The Morgan fingerprint density at radius 2 is 2.05 bits per heavy atom. The maximum absolute atomic E-state index is 10.9. The number of aryl methyl sites for hydroxylation is 2. The Labute approximate surface area is 122 Å². The third-order valence-corrected chi connectivity index (χ3v) is 3.21. The minimum atomic E-state index is -0.752. The summed E-state index contributed by atoms with van der Waals surface area (Å²) in [5, 5.41) is 24.0. The molecule has 0 spiro atoms. The molecule has 2 rings (SSSR count). The number of nitro groups is 1. The van der Waals surface area contributed by atoms with Crippen LogP contribution in [0.4, 0.5) is 11.5 Å². The van der Waals surface area contributed by atoms with E-state index in [2.05, 4.69) is 10.3 Å². The molecule has 0 fully saturated rings. The Morgan fingerprint density at radius 1 is 1.38 bits per heavy atom. The average Bonchev–Trinajstić information content (AvgIpc) is 2.80. The van der Waals surface area contributed by atoms with E-state index >= 15 is 0 Å². The van der Waals surface area contributed by atoms with Crippen molar-refractivity contribution in [2.75, 3.05) is 11.9 Å².